The molecule has 9 heteroatoms. The number of rotatable bonds is 2. The Hall–Kier alpha value is -3.20. The van der Waals surface area contributed by atoms with Crippen LogP contribution >= 0.6 is 11.3 Å². The van der Waals surface area contributed by atoms with Crippen LogP contribution in [0.25, 0.3) is 0 Å². The monoisotopic (exact) mass is 394 g/mol. The quantitative estimate of drug-likeness (QED) is 0.691. The molecule has 4 heterocycles. The standard InChI is InChI=1S/C19H18N6O2S/c1-24-10-11(8-22-24)15-19(12-4-2-3-5-13(12)23-17(19)27)6-7-25(15)16(26)14-9-21-18(20)28-14/h2-5,8-10,15H,6-7H2,1H3,(H2,20,21)(H,23,27)/t15-,19+/m0/s1. The van der Waals surface area contributed by atoms with Crippen LogP contribution in [-0.4, -0.2) is 38.0 Å². The third kappa shape index (κ3) is 2.22. The van der Waals surface area contributed by atoms with Crippen LogP contribution in [0.3, 0.4) is 0 Å². The number of likely N-dealkylation sites (tertiary alicyclic amines) is 1. The van der Waals surface area contributed by atoms with Gasteiger partial charge in [-0.3, -0.25) is 14.3 Å². The van der Waals surface area contributed by atoms with Gasteiger partial charge in [-0.2, -0.15) is 5.10 Å². The zero-order valence-electron chi connectivity index (χ0n) is 15.1. The smallest absolute Gasteiger partial charge is 0.266 e. The van der Waals surface area contributed by atoms with Crippen LogP contribution in [0.15, 0.2) is 42.9 Å². The molecule has 28 heavy (non-hydrogen) atoms. The molecule has 0 aliphatic carbocycles. The fourth-order valence-corrected chi connectivity index (χ4v) is 5.12. The lowest BCUT2D eigenvalue weighted by Crippen LogP contribution is -2.42. The summed E-state index contributed by atoms with van der Waals surface area (Å²) in [6.45, 7) is 0.456. The molecule has 142 valence electrons. The summed E-state index contributed by atoms with van der Waals surface area (Å²) in [5, 5.41) is 7.64. The molecule has 0 radical (unpaired) electrons. The molecule has 2 aromatic heterocycles. The second-order valence-corrected chi connectivity index (χ2v) is 8.19. The average Bonchev–Trinajstić information content (AvgIpc) is 3.43. The topological polar surface area (TPSA) is 106 Å². The van der Waals surface area contributed by atoms with E-state index in [0.29, 0.717) is 23.0 Å². The first-order valence-corrected chi connectivity index (χ1v) is 9.74. The van der Waals surface area contributed by atoms with E-state index in [2.05, 4.69) is 15.4 Å². The molecule has 2 aliphatic heterocycles. The van der Waals surface area contributed by atoms with E-state index in [-0.39, 0.29) is 11.8 Å². The van der Waals surface area contributed by atoms with E-state index in [9.17, 15) is 9.59 Å². The maximum atomic E-state index is 13.3. The van der Waals surface area contributed by atoms with Gasteiger partial charge in [0.25, 0.3) is 5.91 Å². The maximum Gasteiger partial charge on any atom is 0.266 e. The summed E-state index contributed by atoms with van der Waals surface area (Å²) in [6, 6.07) is 7.23. The van der Waals surface area contributed by atoms with E-state index in [1.165, 1.54) is 6.20 Å². The summed E-state index contributed by atoms with van der Waals surface area (Å²) in [7, 11) is 1.82. The number of aryl methyl sites for hydroxylation is 1. The number of para-hydroxylation sites is 1. The number of carbonyl (C=O) groups is 2. The molecule has 0 unspecified atom stereocenters. The number of hydrogen-bond acceptors (Lipinski definition) is 6. The third-order valence-corrected chi connectivity index (χ3v) is 6.44. The number of carbonyl (C=O) groups excluding carboxylic acids is 2. The lowest BCUT2D eigenvalue weighted by atomic mass is 9.73. The lowest BCUT2D eigenvalue weighted by molar-refractivity contribution is -0.121. The van der Waals surface area contributed by atoms with Gasteiger partial charge in [-0.15, -0.1) is 0 Å². The van der Waals surface area contributed by atoms with Crippen LogP contribution < -0.4 is 11.1 Å². The van der Waals surface area contributed by atoms with Gasteiger partial charge >= 0.3 is 0 Å². The predicted molar refractivity (Wildman–Crippen MR) is 105 cm³/mol. The van der Waals surface area contributed by atoms with Crippen molar-refractivity contribution in [3.8, 4) is 0 Å². The summed E-state index contributed by atoms with van der Waals surface area (Å²) in [6.07, 6.45) is 5.63. The van der Waals surface area contributed by atoms with Gasteiger partial charge in [0, 0.05) is 31.0 Å². The fourth-order valence-electron chi connectivity index (χ4n) is 4.48. The number of nitrogen functional groups attached to an aromatic ring is 1. The molecule has 3 aromatic rings. The van der Waals surface area contributed by atoms with Gasteiger partial charge in [0.1, 0.15) is 10.3 Å². The van der Waals surface area contributed by atoms with Gasteiger partial charge in [0.15, 0.2) is 5.13 Å². The van der Waals surface area contributed by atoms with E-state index in [4.69, 9.17) is 5.73 Å². The molecule has 8 nitrogen and oxygen atoms in total. The van der Waals surface area contributed by atoms with E-state index >= 15 is 0 Å². The number of hydrogen-bond donors (Lipinski definition) is 2. The molecule has 3 N–H and O–H groups in total. The highest BCUT2D eigenvalue weighted by molar-refractivity contribution is 7.17. The molecule has 1 saturated heterocycles. The van der Waals surface area contributed by atoms with Crippen molar-refractivity contribution in [1.29, 1.82) is 0 Å². The van der Waals surface area contributed by atoms with Crippen molar-refractivity contribution in [2.45, 2.75) is 17.9 Å². The van der Waals surface area contributed by atoms with Gasteiger partial charge < -0.3 is 16.0 Å². The molecule has 5 rings (SSSR count). The summed E-state index contributed by atoms with van der Waals surface area (Å²) >= 11 is 1.16. The molecule has 0 bridgehead atoms. The number of nitrogens with one attached hydrogen (secondary N) is 1. The number of anilines is 2. The number of nitrogens with two attached hydrogens (primary N) is 1. The SMILES string of the molecule is Cn1cc([C@@H]2N(C(=O)c3cnc(N)s3)CC[C@]23C(=O)Nc2ccccc23)cn1. The number of fused-ring (bicyclic) bond motifs is 2. The zero-order chi connectivity index (χ0) is 19.5. The van der Waals surface area contributed by atoms with Crippen LogP contribution in [0.5, 0.6) is 0 Å². The molecule has 1 spiro atoms. The molecule has 2 atom stereocenters. The summed E-state index contributed by atoms with van der Waals surface area (Å²) in [5.74, 6) is -0.251. The minimum atomic E-state index is -0.842. The van der Waals surface area contributed by atoms with Crippen molar-refractivity contribution in [3.05, 3.63) is 58.9 Å². The Morgan fingerprint density at radius 1 is 1.36 bits per heavy atom. The fraction of sp³-hybridized carbons (Fsp3) is 0.263. The molecule has 1 fully saturated rings. The Bertz CT molecular complexity index is 1110. The Labute approximate surface area is 165 Å². The van der Waals surface area contributed by atoms with Gasteiger partial charge in [-0.1, -0.05) is 29.5 Å². The number of nitrogens with zero attached hydrogens (tertiary/aromatic N) is 4. The largest absolute Gasteiger partial charge is 0.375 e. The van der Waals surface area contributed by atoms with E-state index in [0.717, 1.165) is 28.2 Å². The highest BCUT2D eigenvalue weighted by atomic mass is 32.1. The minimum Gasteiger partial charge on any atom is -0.375 e. The normalized spacial score (nSPS) is 23.2. The Balaban J connectivity index is 1.67. The first-order chi connectivity index (χ1) is 13.5. The van der Waals surface area contributed by atoms with E-state index < -0.39 is 11.5 Å². The maximum absolute atomic E-state index is 13.3. The molecule has 2 aliphatic rings. The molecular weight excluding hydrogens is 376 g/mol. The summed E-state index contributed by atoms with van der Waals surface area (Å²) < 4.78 is 1.69. The lowest BCUT2D eigenvalue weighted by Gasteiger charge is -2.33. The molecule has 1 aromatic carbocycles. The van der Waals surface area contributed by atoms with E-state index in [1.807, 2.05) is 37.5 Å². The zero-order valence-corrected chi connectivity index (χ0v) is 15.9. The van der Waals surface area contributed by atoms with Gasteiger partial charge in [-0.25, -0.2) is 4.98 Å². The number of benzene rings is 1. The van der Waals surface area contributed by atoms with Crippen molar-refractivity contribution in [3.63, 3.8) is 0 Å². The number of aromatic nitrogens is 3. The highest BCUT2D eigenvalue weighted by Gasteiger charge is 2.59. The number of amides is 2. The minimum absolute atomic E-state index is 0.0818. The van der Waals surface area contributed by atoms with Crippen molar-refractivity contribution in [2.24, 2.45) is 7.05 Å². The third-order valence-electron chi connectivity index (χ3n) is 5.62. The van der Waals surface area contributed by atoms with Gasteiger partial charge in [0.2, 0.25) is 5.91 Å². The van der Waals surface area contributed by atoms with Crippen LogP contribution in [0, 0.1) is 0 Å². The van der Waals surface area contributed by atoms with Gasteiger partial charge in [-0.05, 0) is 18.1 Å². The van der Waals surface area contributed by atoms with Crippen LogP contribution in [0.1, 0.15) is 33.3 Å². The van der Waals surface area contributed by atoms with Crippen molar-refractivity contribution < 1.29 is 9.59 Å². The summed E-state index contributed by atoms with van der Waals surface area (Å²) in [4.78, 5) is 32.8. The first kappa shape index (κ1) is 16.9. The van der Waals surface area contributed by atoms with E-state index in [1.54, 1.807) is 15.8 Å². The van der Waals surface area contributed by atoms with Crippen molar-refractivity contribution in [2.75, 3.05) is 17.6 Å². The Morgan fingerprint density at radius 2 is 2.18 bits per heavy atom. The van der Waals surface area contributed by atoms with Gasteiger partial charge in [0.05, 0.1) is 18.4 Å². The van der Waals surface area contributed by atoms with Crippen LogP contribution in [0.4, 0.5) is 10.8 Å². The highest BCUT2D eigenvalue weighted by Crippen LogP contribution is 2.54. The Kier molecular flexibility index (Phi) is 3.57. The molecule has 0 saturated carbocycles. The molecular formula is C19H18N6O2S. The molecule has 2 amide bonds. The summed E-state index contributed by atoms with van der Waals surface area (Å²) in [5.41, 5.74) is 7.44. The van der Waals surface area contributed by atoms with Crippen LogP contribution in [0.2, 0.25) is 0 Å². The van der Waals surface area contributed by atoms with Crippen molar-refractivity contribution in [1.82, 2.24) is 19.7 Å². The predicted octanol–water partition coefficient (Wildman–Crippen LogP) is 1.94. The first-order valence-electron chi connectivity index (χ1n) is 8.92. The Morgan fingerprint density at radius 3 is 2.89 bits per heavy atom. The number of thiazole rings is 1. The second kappa shape index (κ2) is 5.90. The van der Waals surface area contributed by atoms with Crippen molar-refractivity contribution >= 4 is 34.0 Å². The average molecular weight is 394 g/mol. The second-order valence-electron chi connectivity index (χ2n) is 7.13. The van der Waals surface area contributed by atoms with Crippen LogP contribution in [-0.2, 0) is 17.3 Å².